The maximum atomic E-state index is 4.52. The van der Waals surface area contributed by atoms with Crippen LogP contribution in [0.5, 0.6) is 0 Å². The Hall–Kier alpha value is -2.42. The van der Waals surface area contributed by atoms with E-state index in [0.717, 1.165) is 24.4 Å². The van der Waals surface area contributed by atoms with Crippen LogP contribution in [0.2, 0.25) is 0 Å². The normalized spacial score (nSPS) is 18.2. The molecule has 1 heterocycles. The van der Waals surface area contributed by atoms with E-state index in [1.807, 2.05) is 37.7 Å². The molecule has 0 radical (unpaired) electrons. The second-order valence-corrected chi connectivity index (χ2v) is 5.16. The van der Waals surface area contributed by atoms with Gasteiger partial charge in [0.1, 0.15) is 0 Å². The lowest BCUT2D eigenvalue weighted by atomic mass is 9.99. The van der Waals surface area contributed by atoms with Crippen molar-refractivity contribution in [2.75, 3.05) is 11.9 Å². The lowest BCUT2D eigenvalue weighted by Crippen LogP contribution is -2.10. The fraction of sp³-hybridized carbons (Fsp3) is 0.263. The molecule has 1 aliphatic carbocycles. The molecule has 0 fully saturated rings. The summed E-state index contributed by atoms with van der Waals surface area (Å²) in [5.41, 5.74) is 5.67. The van der Waals surface area contributed by atoms with Gasteiger partial charge >= 0.3 is 0 Å². The van der Waals surface area contributed by atoms with Gasteiger partial charge in [-0.05, 0) is 49.1 Å². The summed E-state index contributed by atoms with van der Waals surface area (Å²) in [6.45, 7) is 6.96. The van der Waals surface area contributed by atoms with E-state index in [9.17, 15) is 0 Å². The molecule has 0 unspecified atom stereocenters. The van der Waals surface area contributed by atoms with Gasteiger partial charge in [-0.1, -0.05) is 31.2 Å². The molecule has 1 aromatic heterocycles. The van der Waals surface area contributed by atoms with Gasteiger partial charge in [-0.3, -0.25) is 9.98 Å². The van der Waals surface area contributed by atoms with Gasteiger partial charge in [-0.2, -0.15) is 0 Å². The molecule has 3 nitrogen and oxygen atoms in total. The van der Waals surface area contributed by atoms with Crippen LogP contribution in [0.4, 0.5) is 5.69 Å². The maximum absolute atomic E-state index is 4.52. The van der Waals surface area contributed by atoms with Gasteiger partial charge in [-0.25, -0.2) is 0 Å². The summed E-state index contributed by atoms with van der Waals surface area (Å²) in [5.74, 6) is 0. The first-order valence-corrected chi connectivity index (χ1v) is 7.67. The van der Waals surface area contributed by atoms with Gasteiger partial charge in [0.05, 0.1) is 17.6 Å². The minimum atomic E-state index is 0.761. The van der Waals surface area contributed by atoms with Crippen molar-refractivity contribution in [3.05, 3.63) is 71.7 Å². The minimum Gasteiger partial charge on any atom is -0.380 e. The fourth-order valence-electron chi connectivity index (χ4n) is 2.20. The highest BCUT2D eigenvalue weighted by atomic mass is 14.9. The van der Waals surface area contributed by atoms with Crippen molar-refractivity contribution in [2.24, 2.45) is 4.99 Å². The van der Waals surface area contributed by atoms with Crippen molar-refractivity contribution in [2.45, 2.75) is 27.2 Å². The summed E-state index contributed by atoms with van der Waals surface area (Å²) < 4.78 is 0. The fourth-order valence-corrected chi connectivity index (χ4v) is 2.20. The van der Waals surface area contributed by atoms with Crippen LogP contribution in [0.15, 0.2) is 71.2 Å². The molecule has 3 heteroatoms. The number of allylic oxidation sites excluding steroid dienone is 5. The summed E-state index contributed by atoms with van der Waals surface area (Å²) in [6.07, 6.45) is 17.1. The van der Waals surface area contributed by atoms with Gasteiger partial charge < -0.3 is 5.32 Å². The van der Waals surface area contributed by atoms with Crippen LogP contribution in [-0.4, -0.2) is 17.2 Å². The van der Waals surface area contributed by atoms with Crippen molar-refractivity contribution >= 4 is 11.4 Å². The van der Waals surface area contributed by atoms with E-state index < -0.39 is 0 Å². The van der Waals surface area contributed by atoms with Crippen LogP contribution in [0.25, 0.3) is 0 Å². The molecule has 0 bridgehead atoms. The molecular weight excluding hydrogens is 270 g/mol. The Kier molecular flexibility index (Phi) is 5.90. The molecule has 114 valence electrons. The van der Waals surface area contributed by atoms with Crippen LogP contribution in [0, 0.1) is 6.92 Å². The smallest absolute Gasteiger partial charge is 0.0701 e. The Morgan fingerprint density at radius 2 is 2.18 bits per heavy atom. The van der Waals surface area contributed by atoms with Gasteiger partial charge in [0.25, 0.3) is 0 Å². The van der Waals surface area contributed by atoms with Crippen molar-refractivity contribution in [1.82, 2.24) is 4.98 Å². The SMILES string of the molecule is C\C=C/N=C1\C=C(CNc2cnccc2C)C=C\C1=C/CC. The molecule has 2 rings (SSSR count). The van der Waals surface area contributed by atoms with Gasteiger partial charge in [-0.15, -0.1) is 0 Å². The van der Waals surface area contributed by atoms with Gasteiger partial charge in [0.15, 0.2) is 0 Å². The average Bonchev–Trinajstić information content (AvgIpc) is 2.54. The number of aryl methyl sites for hydroxylation is 1. The number of aromatic nitrogens is 1. The minimum absolute atomic E-state index is 0.761. The first-order valence-electron chi connectivity index (χ1n) is 7.67. The summed E-state index contributed by atoms with van der Waals surface area (Å²) in [7, 11) is 0. The van der Waals surface area contributed by atoms with Crippen LogP contribution in [-0.2, 0) is 0 Å². The Morgan fingerprint density at radius 3 is 2.91 bits per heavy atom. The van der Waals surface area contributed by atoms with Crippen LogP contribution >= 0.6 is 0 Å². The van der Waals surface area contributed by atoms with E-state index in [-0.39, 0.29) is 0 Å². The summed E-state index contributed by atoms with van der Waals surface area (Å²) in [5, 5.41) is 3.43. The Bertz CT molecular complexity index is 661. The zero-order chi connectivity index (χ0) is 15.8. The van der Waals surface area contributed by atoms with E-state index in [1.54, 1.807) is 0 Å². The van der Waals surface area contributed by atoms with E-state index in [2.05, 4.69) is 53.4 Å². The summed E-state index contributed by atoms with van der Waals surface area (Å²) >= 11 is 0. The highest BCUT2D eigenvalue weighted by Crippen LogP contribution is 2.17. The molecule has 0 spiro atoms. The van der Waals surface area contributed by atoms with E-state index in [0.29, 0.717) is 0 Å². The molecule has 0 atom stereocenters. The number of anilines is 1. The maximum Gasteiger partial charge on any atom is 0.0701 e. The highest BCUT2D eigenvalue weighted by molar-refractivity contribution is 6.12. The van der Waals surface area contributed by atoms with E-state index in [4.69, 9.17) is 0 Å². The van der Waals surface area contributed by atoms with Crippen LogP contribution in [0.1, 0.15) is 25.8 Å². The molecular formula is C19H23N3. The van der Waals surface area contributed by atoms with Crippen molar-refractivity contribution in [3.63, 3.8) is 0 Å². The Morgan fingerprint density at radius 1 is 1.32 bits per heavy atom. The first-order chi connectivity index (χ1) is 10.7. The number of nitrogens with one attached hydrogen (secondary N) is 1. The molecule has 0 aromatic carbocycles. The Labute approximate surface area is 132 Å². The topological polar surface area (TPSA) is 37.3 Å². The number of rotatable bonds is 5. The molecule has 1 aliphatic rings. The van der Waals surface area contributed by atoms with Gasteiger partial charge in [0.2, 0.25) is 0 Å². The number of pyridine rings is 1. The predicted molar refractivity (Wildman–Crippen MR) is 95.3 cm³/mol. The molecule has 0 aliphatic heterocycles. The number of nitrogens with zero attached hydrogens (tertiary/aromatic N) is 2. The van der Waals surface area contributed by atoms with Crippen LogP contribution < -0.4 is 5.32 Å². The predicted octanol–water partition coefficient (Wildman–Crippen LogP) is 4.61. The standard InChI is InChI=1S/C19H23N3/c1-4-6-17-8-7-16(12-18(17)21-10-5-2)13-22-19-14-20-11-9-15(19)3/h5-12,14,22H,4,13H2,1-3H3/b10-5-,17-6+,21-18+. The largest absolute Gasteiger partial charge is 0.380 e. The molecule has 0 saturated heterocycles. The zero-order valence-corrected chi connectivity index (χ0v) is 13.5. The second-order valence-electron chi connectivity index (χ2n) is 5.16. The molecule has 0 amide bonds. The van der Waals surface area contributed by atoms with Crippen molar-refractivity contribution in [1.29, 1.82) is 0 Å². The van der Waals surface area contributed by atoms with E-state index in [1.165, 1.54) is 16.7 Å². The quantitative estimate of drug-likeness (QED) is 0.860. The highest BCUT2D eigenvalue weighted by Gasteiger charge is 2.08. The molecule has 22 heavy (non-hydrogen) atoms. The lowest BCUT2D eigenvalue weighted by Gasteiger charge is -2.14. The summed E-state index contributed by atoms with van der Waals surface area (Å²) in [4.78, 5) is 8.68. The Balaban J connectivity index is 2.13. The summed E-state index contributed by atoms with van der Waals surface area (Å²) in [6, 6.07) is 2.01. The number of aliphatic imine (C=N–C) groups is 1. The second kappa shape index (κ2) is 8.13. The lowest BCUT2D eigenvalue weighted by molar-refractivity contribution is 1.19. The monoisotopic (exact) mass is 293 g/mol. The van der Waals surface area contributed by atoms with E-state index >= 15 is 0 Å². The molecule has 0 saturated carbocycles. The third kappa shape index (κ3) is 4.29. The van der Waals surface area contributed by atoms with Crippen molar-refractivity contribution < 1.29 is 0 Å². The van der Waals surface area contributed by atoms with Crippen LogP contribution in [0.3, 0.4) is 0 Å². The molecule has 1 N–H and O–H groups in total. The zero-order valence-electron chi connectivity index (χ0n) is 13.5. The molecule has 1 aromatic rings. The number of hydrogen-bond donors (Lipinski definition) is 1. The third-order valence-corrected chi connectivity index (χ3v) is 3.40. The van der Waals surface area contributed by atoms with Crippen molar-refractivity contribution in [3.8, 4) is 0 Å². The first kappa shape index (κ1) is 16.0. The third-order valence-electron chi connectivity index (χ3n) is 3.40. The number of hydrogen-bond acceptors (Lipinski definition) is 3. The van der Waals surface area contributed by atoms with Gasteiger partial charge in [0, 0.05) is 18.9 Å². The average molecular weight is 293 g/mol.